The predicted molar refractivity (Wildman–Crippen MR) is 68.3 cm³/mol. The Morgan fingerprint density at radius 3 is 2.58 bits per heavy atom. The van der Waals surface area contributed by atoms with Crippen molar-refractivity contribution in [3.8, 4) is 0 Å². The number of piperazine rings is 1. The van der Waals surface area contributed by atoms with Gasteiger partial charge in [-0.05, 0) is 13.5 Å². The van der Waals surface area contributed by atoms with Crippen LogP contribution in [0.4, 0.5) is 0 Å². The normalized spacial score (nSPS) is 24.2. The Bertz CT molecular complexity index is 377. The molecule has 2 heterocycles. The molecule has 2 rings (SSSR count). The highest BCUT2D eigenvalue weighted by Gasteiger charge is 2.27. The minimum atomic E-state index is -0.479. The van der Waals surface area contributed by atoms with E-state index in [1.165, 1.54) is 0 Å². The first-order valence-corrected chi connectivity index (χ1v) is 6.59. The highest BCUT2D eigenvalue weighted by Crippen LogP contribution is 2.06. The van der Waals surface area contributed by atoms with E-state index in [1.54, 1.807) is 4.90 Å². The van der Waals surface area contributed by atoms with Gasteiger partial charge in [0.15, 0.2) is 0 Å². The van der Waals surface area contributed by atoms with Crippen LogP contribution in [0.2, 0.25) is 0 Å². The van der Waals surface area contributed by atoms with E-state index in [2.05, 4.69) is 15.5 Å². The largest absolute Gasteiger partial charge is 0.345 e. The van der Waals surface area contributed by atoms with Gasteiger partial charge in [-0.15, -0.1) is 0 Å². The van der Waals surface area contributed by atoms with Gasteiger partial charge in [-0.3, -0.25) is 14.4 Å². The molecule has 19 heavy (non-hydrogen) atoms. The van der Waals surface area contributed by atoms with Crippen molar-refractivity contribution in [2.45, 2.75) is 18.9 Å². The molecule has 0 aromatic heterocycles. The Morgan fingerprint density at radius 2 is 2.00 bits per heavy atom. The van der Waals surface area contributed by atoms with Crippen molar-refractivity contribution in [3.63, 3.8) is 0 Å². The summed E-state index contributed by atoms with van der Waals surface area (Å²) in [5.41, 5.74) is 0. The lowest BCUT2D eigenvalue weighted by atomic mass is 10.2. The van der Waals surface area contributed by atoms with Gasteiger partial charge >= 0.3 is 0 Å². The fraction of sp³-hybridized carbons (Fsp3) is 0.750. The first kappa shape index (κ1) is 13.8. The second kappa shape index (κ2) is 6.01. The molecule has 2 aliphatic rings. The van der Waals surface area contributed by atoms with Crippen LogP contribution in [0.15, 0.2) is 0 Å². The summed E-state index contributed by atoms with van der Waals surface area (Å²) in [6.07, 6.45) is 0.887. The van der Waals surface area contributed by atoms with Crippen molar-refractivity contribution in [3.05, 3.63) is 0 Å². The van der Waals surface area contributed by atoms with Crippen molar-refractivity contribution in [2.75, 3.05) is 39.8 Å². The number of likely N-dealkylation sites (N-methyl/N-ethyl adjacent to an activating group) is 1. The monoisotopic (exact) mass is 268 g/mol. The summed E-state index contributed by atoms with van der Waals surface area (Å²) in [5.74, 6) is -0.440. The van der Waals surface area contributed by atoms with Crippen LogP contribution in [0, 0.1) is 0 Å². The first-order valence-electron chi connectivity index (χ1n) is 6.59. The second-order valence-electron chi connectivity index (χ2n) is 5.06. The Morgan fingerprint density at radius 1 is 1.32 bits per heavy atom. The number of carbonyl (C=O) groups is 3. The van der Waals surface area contributed by atoms with E-state index in [0.717, 1.165) is 13.1 Å². The molecular weight excluding hydrogens is 248 g/mol. The molecule has 2 N–H and O–H groups in total. The molecule has 7 nitrogen and oxygen atoms in total. The number of nitrogens with zero attached hydrogens (tertiary/aromatic N) is 2. The van der Waals surface area contributed by atoms with Gasteiger partial charge in [-0.1, -0.05) is 0 Å². The number of nitrogens with one attached hydrogen (secondary N) is 2. The van der Waals surface area contributed by atoms with Gasteiger partial charge in [0.2, 0.25) is 17.7 Å². The van der Waals surface area contributed by atoms with Crippen molar-refractivity contribution >= 4 is 17.7 Å². The number of hydrogen-bond acceptors (Lipinski definition) is 4. The Balaban J connectivity index is 1.71. The predicted octanol–water partition coefficient (Wildman–Crippen LogP) is -1.84. The van der Waals surface area contributed by atoms with Crippen LogP contribution in [0.1, 0.15) is 12.8 Å². The van der Waals surface area contributed by atoms with Crippen LogP contribution in [0.3, 0.4) is 0 Å². The van der Waals surface area contributed by atoms with Gasteiger partial charge in [0, 0.05) is 32.6 Å². The van der Waals surface area contributed by atoms with Crippen LogP contribution in [-0.4, -0.2) is 73.3 Å². The van der Waals surface area contributed by atoms with E-state index in [-0.39, 0.29) is 24.3 Å². The van der Waals surface area contributed by atoms with E-state index < -0.39 is 6.04 Å². The molecule has 0 aliphatic carbocycles. The summed E-state index contributed by atoms with van der Waals surface area (Å²) >= 11 is 0. The van der Waals surface area contributed by atoms with E-state index in [4.69, 9.17) is 0 Å². The molecular formula is C12H20N4O3. The Labute approximate surface area is 112 Å². The molecule has 1 unspecified atom stereocenters. The van der Waals surface area contributed by atoms with Crippen LogP contribution < -0.4 is 10.6 Å². The van der Waals surface area contributed by atoms with E-state index >= 15 is 0 Å². The molecule has 0 radical (unpaired) electrons. The zero-order chi connectivity index (χ0) is 13.8. The van der Waals surface area contributed by atoms with Crippen LogP contribution in [-0.2, 0) is 14.4 Å². The summed E-state index contributed by atoms with van der Waals surface area (Å²) in [4.78, 5) is 38.5. The van der Waals surface area contributed by atoms with E-state index in [0.29, 0.717) is 25.9 Å². The highest BCUT2D eigenvalue weighted by atomic mass is 16.2. The lowest BCUT2D eigenvalue weighted by Gasteiger charge is -2.32. The van der Waals surface area contributed by atoms with Gasteiger partial charge in [0.25, 0.3) is 0 Å². The molecule has 106 valence electrons. The zero-order valence-electron chi connectivity index (χ0n) is 11.1. The molecule has 0 saturated carbocycles. The van der Waals surface area contributed by atoms with Gasteiger partial charge in [-0.25, -0.2) is 0 Å². The standard InChI is InChI=1S/C12H20N4O3/c1-15-4-6-16(7-5-15)11(18)8-13-12(19)9-2-3-10(17)14-9/h9H,2-8H2,1H3,(H,13,19)(H,14,17). The van der Waals surface area contributed by atoms with Crippen molar-refractivity contribution < 1.29 is 14.4 Å². The van der Waals surface area contributed by atoms with Gasteiger partial charge in [-0.2, -0.15) is 0 Å². The Kier molecular flexibility index (Phi) is 4.36. The molecule has 7 heteroatoms. The number of amides is 3. The average Bonchev–Trinajstić information content (AvgIpc) is 2.83. The van der Waals surface area contributed by atoms with Crippen LogP contribution in [0.25, 0.3) is 0 Å². The smallest absolute Gasteiger partial charge is 0.243 e. The summed E-state index contributed by atoms with van der Waals surface area (Å²) in [7, 11) is 2.02. The third-order valence-electron chi connectivity index (χ3n) is 3.58. The molecule has 2 fully saturated rings. The fourth-order valence-corrected chi connectivity index (χ4v) is 2.26. The minimum absolute atomic E-state index is 0.00885. The quantitative estimate of drug-likeness (QED) is 0.630. The maximum atomic E-state index is 11.9. The summed E-state index contributed by atoms with van der Waals surface area (Å²) in [6.45, 7) is 3.13. The van der Waals surface area contributed by atoms with Crippen LogP contribution in [0.5, 0.6) is 0 Å². The van der Waals surface area contributed by atoms with Crippen molar-refractivity contribution in [1.29, 1.82) is 0 Å². The molecule has 2 saturated heterocycles. The molecule has 0 bridgehead atoms. The number of hydrogen-bond donors (Lipinski definition) is 2. The van der Waals surface area contributed by atoms with Crippen LogP contribution >= 0.6 is 0 Å². The topological polar surface area (TPSA) is 81.8 Å². The summed E-state index contributed by atoms with van der Waals surface area (Å²) in [6, 6.07) is -0.479. The van der Waals surface area contributed by atoms with Gasteiger partial charge in [0.05, 0.1) is 6.54 Å². The zero-order valence-corrected chi connectivity index (χ0v) is 11.1. The lowest BCUT2D eigenvalue weighted by molar-refractivity contribution is -0.134. The van der Waals surface area contributed by atoms with E-state index in [1.807, 2.05) is 7.05 Å². The Hall–Kier alpha value is -1.63. The average molecular weight is 268 g/mol. The SMILES string of the molecule is CN1CCN(C(=O)CNC(=O)C2CCC(=O)N2)CC1. The molecule has 0 aromatic carbocycles. The third-order valence-corrected chi connectivity index (χ3v) is 3.58. The first-order chi connectivity index (χ1) is 9.06. The fourth-order valence-electron chi connectivity index (χ4n) is 2.26. The van der Waals surface area contributed by atoms with Crippen molar-refractivity contribution in [1.82, 2.24) is 20.4 Å². The maximum absolute atomic E-state index is 11.9. The molecule has 1 atom stereocenters. The molecule has 2 aliphatic heterocycles. The highest BCUT2D eigenvalue weighted by molar-refractivity contribution is 5.92. The maximum Gasteiger partial charge on any atom is 0.243 e. The second-order valence-corrected chi connectivity index (χ2v) is 5.06. The number of rotatable bonds is 3. The molecule has 0 spiro atoms. The molecule has 0 aromatic rings. The van der Waals surface area contributed by atoms with Gasteiger partial charge in [0.1, 0.15) is 6.04 Å². The van der Waals surface area contributed by atoms with Crippen molar-refractivity contribution in [2.24, 2.45) is 0 Å². The lowest BCUT2D eigenvalue weighted by Crippen LogP contribution is -2.51. The minimum Gasteiger partial charge on any atom is -0.345 e. The summed E-state index contributed by atoms with van der Waals surface area (Å²) in [5, 5.41) is 5.18. The number of carbonyl (C=O) groups excluding carboxylic acids is 3. The summed E-state index contributed by atoms with van der Waals surface area (Å²) < 4.78 is 0. The van der Waals surface area contributed by atoms with Gasteiger partial charge < -0.3 is 20.4 Å². The third kappa shape index (κ3) is 3.66. The molecule has 3 amide bonds. The van der Waals surface area contributed by atoms with E-state index in [9.17, 15) is 14.4 Å².